The summed E-state index contributed by atoms with van der Waals surface area (Å²) in [7, 11) is 0. The highest BCUT2D eigenvalue weighted by molar-refractivity contribution is 4.84. The molecule has 1 N–H and O–H groups in total. The van der Waals surface area contributed by atoms with Crippen molar-refractivity contribution in [3.63, 3.8) is 0 Å². The molecule has 1 saturated heterocycles. The summed E-state index contributed by atoms with van der Waals surface area (Å²) in [5.41, 5.74) is 0. The number of piperidine rings is 1. The monoisotopic (exact) mass is 280 g/mol. The Labute approximate surface area is 126 Å². The second kappa shape index (κ2) is 9.04. The Hall–Kier alpha value is -0.0800. The lowest BCUT2D eigenvalue weighted by molar-refractivity contribution is 0.165. The van der Waals surface area contributed by atoms with Crippen molar-refractivity contribution < 1.29 is 0 Å². The van der Waals surface area contributed by atoms with Crippen molar-refractivity contribution in [2.24, 2.45) is 11.8 Å². The lowest BCUT2D eigenvalue weighted by Gasteiger charge is -2.33. The molecule has 20 heavy (non-hydrogen) atoms. The number of likely N-dealkylation sites (tertiary alicyclic amines) is 1. The minimum Gasteiger partial charge on any atom is -0.314 e. The number of rotatable bonds is 8. The van der Waals surface area contributed by atoms with Gasteiger partial charge < -0.3 is 10.2 Å². The van der Waals surface area contributed by atoms with Crippen LogP contribution in [0.2, 0.25) is 0 Å². The van der Waals surface area contributed by atoms with E-state index in [1.165, 1.54) is 84.0 Å². The van der Waals surface area contributed by atoms with Crippen molar-refractivity contribution >= 4 is 0 Å². The van der Waals surface area contributed by atoms with E-state index in [-0.39, 0.29) is 0 Å². The Bertz CT molecular complexity index is 246. The molecule has 2 rings (SSSR count). The number of nitrogens with zero attached hydrogens (tertiary/aromatic N) is 1. The molecule has 1 aliphatic heterocycles. The van der Waals surface area contributed by atoms with Crippen LogP contribution >= 0.6 is 0 Å². The average Bonchev–Trinajstić information content (AvgIpc) is 2.92. The van der Waals surface area contributed by atoms with Gasteiger partial charge in [0.25, 0.3) is 0 Å². The van der Waals surface area contributed by atoms with Crippen LogP contribution in [-0.2, 0) is 0 Å². The summed E-state index contributed by atoms with van der Waals surface area (Å²) in [5, 5.41) is 3.77. The lowest BCUT2D eigenvalue weighted by Crippen LogP contribution is -2.38. The molecule has 2 atom stereocenters. The first-order valence-corrected chi connectivity index (χ1v) is 9.29. The first kappa shape index (κ1) is 16.3. The van der Waals surface area contributed by atoms with Gasteiger partial charge in [-0.1, -0.05) is 33.1 Å². The third-order valence-electron chi connectivity index (χ3n) is 5.54. The van der Waals surface area contributed by atoms with Gasteiger partial charge in [-0.15, -0.1) is 0 Å². The summed E-state index contributed by atoms with van der Waals surface area (Å²) in [6, 6.07) is 0.826. The van der Waals surface area contributed by atoms with Gasteiger partial charge in [0.05, 0.1) is 0 Å². The van der Waals surface area contributed by atoms with Gasteiger partial charge in [-0.2, -0.15) is 0 Å². The first-order chi connectivity index (χ1) is 9.83. The van der Waals surface area contributed by atoms with Crippen LogP contribution in [0.5, 0.6) is 0 Å². The zero-order valence-corrected chi connectivity index (χ0v) is 13.9. The first-order valence-electron chi connectivity index (χ1n) is 9.29. The molecule has 118 valence electrons. The number of nitrogens with one attached hydrogen (secondary N) is 1. The van der Waals surface area contributed by atoms with E-state index >= 15 is 0 Å². The molecule has 2 heteroatoms. The van der Waals surface area contributed by atoms with E-state index < -0.39 is 0 Å². The van der Waals surface area contributed by atoms with Crippen LogP contribution in [0.25, 0.3) is 0 Å². The molecule has 0 aromatic carbocycles. The summed E-state index contributed by atoms with van der Waals surface area (Å²) in [5.74, 6) is 1.98. The van der Waals surface area contributed by atoms with E-state index in [4.69, 9.17) is 0 Å². The van der Waals surface area contributed by atoms with E-state index in [1.54, 1.807) is 0 Å². The number of hydrogen-bond acceptors (Lipinski definition) is 2. The second-order valence-corrected chi connectivity index (χ2v) is 7.11. The van der Waals surface area contributed by atoms with Gasteiger partial charge in [0.15, 0.2) is 0 Å². The zero-order chi connectivity index (χ0) is 14.2. The summed E-state index contributed by atoms with van der Waals surface area (Å²) in [4.78, 5) is 2.74. The Morgan fingerprint density at radius 1 is 0.950 bits per heavy atom. The van der Waals surface area contributed by atoms with E-state index in [0.29, 0.717) is 0 Å². The van der Waals surface area contributed by atoms with Crippen LogP contribution in [0.3, 0.4) is 0 Å². The largest absolute Gasteiger partial charge is 0.314 e. The topological polar surface area (TPSA) is 15.3 Å². The van der Waals surface area contributed by atoms with E-state index in [9.17, 15) is 0 Å². The van der Waals surface area contributed by atoms with Crippen molar-refractivity contribution in [2.45, 2.75) is 77.7 Å². The molecule has 0 aromatic heterocycles. The minimum absolute atomic E-state index is 0.826. The normalized spacial score (nSPS) is 29.1. The molecule has 0 radical (unpaired) electrons. The van der Waals surface area contributed by atoms with Crippen LogP contribution in [0, 0.1) is 11.8 Å². The maximum atomic E-state index is 3.77. The van der Waals surface area contributed by atoms with Crippen LogP contribution in [0.1, 0.15) is 71.6 Å². The molecular formula is C18H36N2. The van der Waals surface area contributed by atoms with Gasteiger partial charge >= 0.3 is 0 Å². The molecule has 2 nitrogen and oxygen atoms in total. The van der Waals surface area contributed by atoms with Gasteiger partial charge in [-0.05, 0) is 76.5 Å². The van der Waals surface area contributed by atoms with Crippen LogP contribution in [0.4, 0.5) is 0 Å². The Kier molecular flexibility index (Phi) is 7.37. The quantitative estimate of drug-likeness (QED) is 0.721. The van der Waals surface area contributed by atoms with Gasteiger partial charge in [-0.3, -0.25) is 0 Å². The van der Waals surface area contributed by atoms with Crippen LogP contribution < -0.4 is 5.32 Å². The minimum atomic E-state index is 0.826. The van der Waals surface area contributed by atoms with Crippen LogP contribution in [-0.4, -0.2) is 37.1 Å². The smallest absolute Gasteiger partial charge is 0.00958 e. The highest BCUT2D eigenvalue weighted by Crippen LogP contribution is 2.29. The Morgan fingerprint density at radius 2 is 1.75 bits per heavy atom. The molecule has 1 aliphatic carbocycles. The summed E-state index contributed by atoms with van der Waals surface area (Å²) in [6.45, 7) is 9.90. The molecule has 2 fully saturated rings. The van der Waals surface area contributed by atoms with Crippen molar-refractivity contribution in [1.82, 2.24) is 10.2 Å². The fourth-order valence-corrected chi connectivity index (χ4v) is 4.24. The maximum absolute atomic E-state index is 3.77. The summed E-state index contributed by atoms with van der Waals surface area (Å²) >= 11 is 0. The number of hydrogen-bond donors (Lipinski definition) is 1. The third kappa shape index (κ3) is 5.04. The fourth-order valence-electron chi connectivity index (χ4n) is 4.24. The molecule has 0 spiro atoms. The lowest BCUT2D eigenvalue weighted by atomic mass is 9.92. The Balaban J connectivity index is 1.62. The molecule has 1 saturated carbocycles. The molecule has 1 heterocycles. The highest BCUT2D eigenvalue weighted by atomic mass is 15.1. The molecular weight excluding hydrogens is 244 g/mol. The molecule has 0 bridgehead atoms. The fraction of sp³-hybridized carbons (Fsp3) is 1.00. The average molecular weight is 280 g/mol. The summed E-state index contributed by atoms with van der Waals surface area (Å²) in [6.07, 6.45) is 12.8. The van der Waals surface area contributed by atoms with Crippen molar-refractivity contribution in [3.8, 4) is 0 Å². The van der Waals surface area contributed by atoms with Gasteiger partial charge in [-0.25, -0.2) is 0 Å². The van der Waals surface area contributed by atoms with E-state index in [1.807, 2.05) is 0 Å². The second-order valence-electron chi connectivity index (χ2n) is 7.11. The van der Waals surface area contributed by atoms with E-state index in [0.717, 1.165) is 17.9 Å². The predicted octanol–water partition coefficient (Wildman–Crippen LogP) is 4.06. The summed E-state index contributed by atoms with van der Waals surface area (Å²) < 4.78 is 0. The van der Waals surface area contributed by atoms with Crippen LogP contribution in [0.15, 0.2) is 0 Å². The molecule has 0 aromatic rings. The van der Waals surface area contributed by atoms with Gasteiger partial charge in [0.1, 0.15) is 0 Å². The Morgan fingerprint density at radius 3 is 2.45 bits per heavy atom. The highest BCUT2D eigenvalue weighted by Gasteiger charge is 2.27. The van der Waals surface area contributed by atoms with Crippen molar-refractivity contribution in [3.05, 3.63) is 0 Å². The van der Waals surface area contributed by atoms with Gasteiger partial charge in [0.2, 0.25) is 0 Å². The standard InChI is InChI=1S/C18H36N2/c1-3-6-16-9-13-20(14-10-16)15-11-17-7-5-8-18(17)19-12-4-2/h16-19H,3-15H2,1-2H3. The molecule has 0 amide bonds. The van der Waals surface area contributed by atoms with Gasteiger partial charge in [0, 0.05) is 6.04 Å². The van der Waals surface area contributed by atoms with Crippen molar-refractivity contribution in [1.29, 1.82) is 0 Å². The molecule has 2 unspecified atom stereocenters. The third-order valence-corrected chi connectivity index (χ3v) is 5.54. The van der Waals surface area contributed by atoms with E-state index in [2.05, 4.69) is 24.1 Å². The zero-order valence-electron chi connectivity index (χ0n) is 13.9. The maximum Gasteiger partial charge on any atom is 0.00958 e. The predicted molar refractivity (Wildman–Crippen MR) is 88.1 cm³/mol. The molecule has 2 aliphatic rings. The van der Waals surface area contributed by atoms with Crippen molar-refractivity contribution in [2.75, 3.05) is 26.2 Å². The SMILES string of the molecule is CCCNC1CCCC1CCN1CCC(CCC)CC1.